The van der Waals surface area contributed by atoms with E-state index in [0.717, 1.165) is 5.56 Å². The van der Waals surface area contributed by atoms with Crippen LogP contribution in [0.2, 0.25) is 0 Å². The van der Waals surface area contributed by atoms with Gasteiger partial charge in [-0.3, -0.25) is 9.36 Å². The number of nitrogens with zero attached hydrogens (tertiary/aromatic N) is 1. The molecule has 0 aliphatic rings. The van der Waals surface area contributed by atoms with Gasteiger partial charge in [0, 0.05) is 11.1 Å². The van der Waals surface area contributed by atoms with Gasteiger partial charge in [0.05, 0.1) is 18.2 Å². The first-order valence-corrected chi connectivity index (χ1v) is 7.94. The summed E-state index contributed by atoms with van der Waals surface area (Å²) in [7, 11) is 1.33. The van der Waals surface area contributed by atoms with Crippen molar-refractivity contribution in [1.29, 1.82) is 0 Å². The molecule has 0 radical (unpaired) electrons. The van der Waals surface area contributed by atoms with Crippen molar-refractivity contribution in [1.82, 2.24) is 4.57 Å². The van der Waals surface area contributed by atoms with E-state index in [1.54, 1.807) is 25.1 Å². The maximum absolute atomic E-state index is 12.7. The molecule has 5 nitrogen and oxygen atoms in total. The third kappa shape index (κ3) is 3.13. The number of aryl methyl sites for hydroxylation is 1. The second-order valence-corrected chi connectivity index (χ2v) is 5.80. The number of carbonyl (C=O) groups excluding carboxylic acids is 2. The quantitative estimate of drug-likeness (QED) is 0.680. The van der Waals surface area contributed by atoms with Gasteiger partial charge < -0.3 is 9.47 Å². The van der Waals surface area contributed by atoms with Gasteiger partial charge in [-0.15, -0.1) is 0 Å². The molecule has 0 unspecified atom stereocenters. The average molecular weight is 337 g/mol. The Morgan fingerprint density at radius 3 is 2.52 bits per heavy atom. The third-order valence-corrected chi connectivity index (χ3v) is 4.10. The Labute approximate surface area is 145 Å². The zero-order valence-corrected chi connectivity index (χ0v) is 14.4. The van der Waals surface area contributed by atoms with Gasteiger partial charge in [0.2, 0.25) is 0 Å². The molecule has 0 saturated heterocycles. The van der Waals surface area contributed by atoms with Gasteiger partial charge in [-0.2, -0.15) is 0 Å². The summed E-state index contributed by atoms with van der Waals surface area (Å²) < 4.78 is 12.0. The average Bonchev–Trinajstić information content (AvgIpc) is 2.91. The van der Waals surface area contributed by atoms with Crippen LogP contribution in [-0.4, -0.2) is 30.2 Å². The molecular weight excluding hydrogens is 318 g/mol. The normalized spacial score (nSPS) is 10.7. The molecule has 3 rings (SSSR count). The lowest BCUT2D eigenvalue weighted by Crippen LogP contribution is -2.20. The van der Waals surface area contributed by atoms with E-state index in [0.29, 0.717) is 27.9 Å². The number of rotatable bonds is 4. The maximum Gasteiger partial charge on any atom is 0.340 e. The molecule has 0 amide bonds. The lowest BCUT2D eigenvalue weighted by atomic mass is 10.1. The van der Waals surface area contributed by atoms with Crippen molar-refractivity contribution in [2.24, 2.45) is 0 Å². The van der Waals surface area contributed by atoms with Gasteiger partial charge in [-0.05, 0) is 37.6 Å². The molecule has 0 spiro atoms. The molecule has 1 aromatic heterocycles. The van der Waals surface area contributed by atoms with Crippen LogP contribution in [-0.2, 0) is 4.74 Å². The van der Waals surface area contributed by atoms with Crippen molar-refractivity contribution in [2.45, 2.75) is 13.8 Å². The highest BCUT2D eigenvalue weighted by Crippen LogP contribution is 2.26. The molecule has 0 fully saturated rings. The van der Waals surface area contributed by atoms with Crippen LogP contribution in [0.25, 0.3) is 10.9 Å². The lowest BCUT2D eigenvalue weighted by Gasteiger charge is -2.09. The number of para-hydroxylation sites is 1. The number of hydrogen-bond acceptors (Lipinski definition) is 4. The summed E-state index contributed by atoms with van der Waals surface area (Å²) >= 11 is 0. The second kappa shape index (κ2) is 6.81. The SMILES string of the molecule is COC(=O)c1c(C)n(C(=O)COc2cccc(C)c2)c2ccccc12. The molecule has 2 aromatic carbocycles. The van der Waals surface area contributed by atoms with Crippen molar-refractivity contribution in [3.8, 4) is 5.75 Å². The summed E-state index contributed by atoms with van der Waals surface area (Å²) in [6.45, 7) is 3.57. The van der Waals surface area contributed by atoms with E-state index in [4.69, 9.17) is 9.47 Å². The van der Waals surface area contributed by atoms with Crippen molar-refractivity contribution >= 4 is 22.8 Å². The Kier molecular flexibility index (Phi) is 4.57. The molecule has 0 aliphatic heterocycles. The maximum atomic E-state index is 12.7. The minimum atomic E-state index is -0.458. The van der Waals surface area contributed by atoms with E-state index in [-0.39, 0.29) is 12.5 Å². The van der Waals surface area contributed by atoms with Gasteiger partial charge in [0.25, 0.3) is 5.91 Å². The summed E-state index contributed by atoms with van der Waals surface area (Å²) in [6, 6.07) is 14.8. The van der Waals surface area contributed by atoms with Crippen LogP contribution in [0.3, 0.4) is 0 Å². The molecule has 5 heteroatoms. The Morgan fingerprint density at radius 2 is 1.80 bits per heavy atom. The van der Waals surface area contributed by atoms with Gasteiger partial charge in [0.1, 0.15) is 5.75 Å². The van der Waals surface area contributed by atoms with Crippen LogP contribution >= 0.6 is 0 Å². The molecule has 0 N–H and O–H groups in total. The smallest absolute Gasteiger partial charge is 0.340 e. The highest BCUT2D eigenvalue weighted by atomic mass is 16.5. The van der Waals surface area contributed by atoms with Gasteiger partial charge in [-0.25, -0.2) is 4.79 Å². The predicted molar refractivity (Wildman–Crippen MR) is 95.3 cm³/mol. The fourth-order valence-corrected chi connectivity index (χ4v) is 2.96. The Hall–Kier alpha value is -3.08. The number of hydrogen-bond donors (Lipinski definition) is 0. The standard InChI is InChI=1S/C20H19NO4/c1-13-7-6-8-15(11-13)25-12-18(22)21-14(2)19(20(23)24-3)16-9-4-5-10-17(16)21/h4-11H,12H2,1-3H3. The van der Waals surface area contributed by atoms with E-state index in [9.17, 15) is 9.59 Å². The largest absolute Gasteiger partial charge is 0.484 e. The van der Waals surface area contributed by atoms with Crippen molar-refractivity contribution in [3.63, 3.8) is 0 Å². The zero-order chi connectivity index (χ0) is 18.0. The minimum Gasteiger partial charge on any atom is -0.484 e. The fraction of sp³-hybridized carbons (Fsp3) is 0.200. The number of methoxy groups -OCH3 is 1. The molecule has 0 bridgehead atoms. The molecule has 128 valence electrons. The molecule has 1 heterocycles. The topological polar surface area (TPSA) is 57.5 Å². The first-order chi connectivity index (χ1) is 12.0. The Bertz CT molecular complexity index is 955. The summed E-state index contributed by atoms with van der Waals surface area (Å²) in [4.78, 5) is 24.9. The molecule has 25 heavy (non-hydrogen) atoms. The van der Waals surface area contributed by atoms with Crippen LogP contribution in [0.5, 0.6) is 5.75 Å². The highest BCUT2D eigenvalue weighted by Gasteiger charge is 2.23. The summed E-state index contributed by atoms with van der Waals surface area (Å²) in [5, 5.41) is 0.691. The summed E-state index contributed by atoms with van der Waals surface area (Å²) in [6.07, 6.45) is 0. The second-order valence-electron chi connectivity index (χ2n) is 5.80. The predicted octanol–water partition coefficient (Wildman–Crippen LogP) is 3.76. The van der Waals surface area contributed by atoms with Crippen LogP contribution < -0.4 is 4.74 Å². The molecular formula is C20H19NO4. The highest BCUT2D eigenvalue weighted by molar-refractivity contribution is 6.09. The Morgan fingerprint density at radius 1 is 1.04 bits per heavy atom. The number of ether oxygens (including phenoxy) is 2. The number of carbonyl (C=O) groups is 2. The molecule has 0 atom stereocenters. The minimum absolute atomic E-state index is 0.121. The first-order valence-electron chi connectivity index (χ1n) is 7.94. The number of aromatic nitrogens is 1. The Balaban J connectivity index is 1.96. The fourth-order valence-electron chi connectivity index (χ4n) is 2.96. The third-order valence-electron chi connectivity index (χ3n) is 4.10. The lowest BCUT2D eigenvalue weighted by molar-refractivity contribution is 0.0602. The van der Waals surface area contributed by atoms with Crippen molar-refractivity contribution < 1.29 is 19.1 Å². The van der Waals surface area contributed by atoms with Crippen molar-refractivity contribution in [3.05, 3.63) is 65.4 Å². The first kappa shape index (κ1) is 16.8. The van der Waals surface area contributed by atoms with E-state index >= 15 is 0 Å². The summed E-state index contributed by atoms with van der Waals surface area (Å²) in [5.41, 5.74) is 2.67. The number of esters is 1. The number of fused-ring (bicyclic) bond motifs is 1. The van der Waals surface area contributed by atoms with Gasteiger partial charge >= 0.3 is 5.97 Å². The molecule has 0 saturated carbocycles. The molecule has 3 aromatic rings. The van der Waals surface area contributed by atoms with Crippen molar-refractivity contribution in [2.75, 3.05) is 13.7 Å². The van der Waals surface area contributed by atoms with E-state index in [1.807, 2.05) is 37.3 Å². The number of benzene rings is 2. The van der Waals surface area contributed by atoms with E-state index in [2.05, 4.69) is 0 Å². The van der Waals surface area contributed by atoms with Crippen LogP contribution in [0.1, 0.15) is 26.4 Å². The zero-order valence-electron chi connectivity index (χ0n) is 14.4. The van der Waals surface area contributed by atoms with E-state index in [1.165, 1.54) is 11.7 Å². The molecule has 0 aliphatic carbocycles. The monoisotopic (exact) mass is 337 g/mol. The summed E-state index contributed by atoms with van der Waals surface area (Å²) in [5.74, 6) is -0.0686. The van der Waals surface area contributed by atoms with Crippen LogP contribution in [0, 0.1) is 13.8 Å². The van der Waals surface area contributed by atoms with Gasteiger partial charge in [0.15, 0.2) is 6.61 Å². The van der Waals surface area contributed by atoms with Crippen LogP contribution in [0.4, 0.5) is 0 Å². The van der Waals surface area contributed by atoms with Gasteiger partial charge in [-0.1, -0.05) is 30.3 Å². The van der Waals surface area contributed by atoms with Crippen LogP contribution in [0.15, 0.2) is 48.5 Å². The van der Waals surface area contributed by atoms with E-state index < -0.39 is 5.97 Å².